The fourth-order valence-electron chi connectivity index (χ4n) is 6.96. The van der Waals surface area contributed by atoms with E-state index in [1.807, 2.05) is 6.07 Å². The highest BCUT2D eigenvalue weighted by Crippen LogP contribution is 2.24. The number of carbonyl (C=O) groups is 5. The number of rotatable bonds is 14. The van der Waals surface area contributed by atoms with Crippen LogP contribution in [0.5, 0.6) is 0 Å². The van der Waals surface area contributed by atoms with Crippen molar-refractivity contribution in [1.29, 1.82) is 10.8 Å². The standard InChI is InChI=1S/C26H31N5O5.C19H19N3O6S/c1-2-35-23(32)18-30-14-12-29(13-15-30)16-22-17-31(26(34)36-22)21-10-8-19(9-11-21)24(27)28-25(33)20-6-4-3-5-7-20;1-29(25,26)27-12-16-11-22(19(24)28-16)15-9-7-13(8-10-15)17(20)21-18(23)14-5-3-2-4-6-14/h3-11,22H,2,12-18H2,1H3,(H2,27,28,33);2-10,16H,11-12H2,1H3,(H2,20,21,23)/t22-;16-/m00/s1. The van der Waals surface area contributed by atoms with Crippen LogP contribution < -0.4 is 20.4 Å². The SMILES string of the molecule is CCOC(=O)CN1CCN(C[C@H]2CN(c3ccc(C(=N)NC(=O)c4ccccc4)cc3)C(=O)O2)CC1.CS(=O)(=O)OC[C@@H]1CN(c2ccc(C(=N)NC(=O)c3ccccc3)cc2)C(=O)O1. The molecule has 4 aromatic carbocycles. The number of anilines is 2. The van der Waals surface area contributed by atoms with Crippen molar-refractivity contribution < 1.29 is 50.8 Å². The van der Waals surface area contributed by atoms with Gasteiger partial charge in [0.2, 0.25) is 0 Å². The van der Waals surface area contributed by atoms with Gasteiger partial charge in [0, 0.05) is 66.4 Å². The second-order valence-corrected chi connectivity index (χ2v) is 16.7. The Morgan fingerprint density at radius 2 is 1.08 bits per heavy atom. The van der Waals surface area contributed by atoms with Gasteiger partial charge < -0.3 is 24.8 Å². The van der Waals surface area contributed by atoms with Crippen molar-refractivity contribution >= 4 is 63.1 Å². The zero-order chi connectivity index (χ0) is 46.5. The summed E-state index contributed by atoms with van der Waals surface area (Å²) in [6, 6.07) is 30.6. The molecule has 3 aliphatic heterocycles. The summed E-state index contributed by atoms with van der Waals surface area (Å²) in [7, 11) is -3.62. The van der Waals surface area contributed by atoms with Gasteiger partial charge in [-0.2, -0.15) is 8.42 Å². The first-order valence-electron chi connectivity index (χ1n) is 20.7. The van der Waals surface area contributed by atoms with Crippen molar-refractivity contribution in [3.63, 3.8) is 0 Å². The second kappa shape index (κ2) is 22.1. The molecule has 65 heavy (non-hydrogen) atoms. The third-order valence-corrected chi connectivity index (χ3v) is 10.8. The normalized spacial score (nSPS) is 17.6. The van der Waals surface area contributed by atoms with Crippen LogP contribution in [0.1, 0.15) is 38.8 Å². The number of carbonyl (C=O) groups excluding carboxylic acids is 5. The Hall–Kier alpha value is -7.00. The highest BCUT2D eigenvalue weighted by atomic mass is 32.2. The van der Waals surface area contributed by atoms with Gasteiger partial charge in [0.05, 0.1) is 32.5 Å². The maximum atomic E-state index is 12.5. The Labute approximate surface area is 376 Å². The van der Waals surface area contributed by atoms with Crippen molar-refractivity contribution in [2.24, 2.45) is 0 Å². The number of hydrogen-bond acceptors (Lipinski definition) is 15. The Morgan fingerprint density at radius 1 is 0.646 bits per heavy atom. The molecule has 0 spiro atoms. The summed E-state index contributed by atoms with van der Waals surface area (Å²) in [5, 5.41) is 21.4. The zero-order valence-electron chi connectivity index (χ0n) is 35.8. The van der Waals surface area contributed by atoms with Crippen LogP contribution in [0.25, 0.3) is 0 Å². The van der Waals surface area contributed by atoms with Crippen molar-refractivity contribution in [2.75, 3.05) is 81.6 Å². The molecule has 20 heteroatoms. The summed E-state index contributed by atoms with van der Waals surface area (Å²) in [5.41, 5.74) is 3.10. The first-order chi connectivity index (χ1) is 31.1. The van der Waals surface area contributed by atoms with Gasteiger partial charge in [-0.05, 0) is 79.7 Å². The number of piperazine rings is 1. The number of nitrogens with one attached hydrogen (secondary N) is 4. The molecule has 4 amide bonds. The van der Waals surface area contributed by atoms with E-state index in [4.69, 9.17) is 25.0 Å². The van der Waals surface area contributed by atoms with Gasteiger partial charge in [0.1, 0.15) is 30.5 Å². The molecule has 0 radical (unpaired) electrons. The lowest BCUT2D eigenvalue weighted by molar-refractivity contribution is -0.144. The molecule has 342 valence electrons. The Bertz CT molecular complexity index is 2450. The third kappa shape index (κ3) is 13.7. The molecule has 0 aliphatic carbocycles. The summed E-state index contributed by atoms with van der Waals surface area (Å²) in [5.74, 6) is -1.03. The largest absolute Gasteiger partial charge is 0.465 e. The average Bonchev–Trinajstić information content (AvgIpc) is 3.87. The molecule has 3 fully saturated rings. The van der Waals surface area contributed by atoms with Crippen molar-refractivity contribution in [3.8, 4) is 0 Å². The molecule has 0 bridgehead atoms. The molecule has 0 unspecified atom stereocenters. The number of amidine groups is 2. The summed E-state index contributed by atoms with van der Waals surface area (Å²) in [4.78, 5) is 67.9. The van der Waals surface area contributed by atoms with Crippen LogP contribution in [-0.2, 0) is 33.3 Å². The lowest BCUT2D eigenvalue weighted by Gasteiger charge is -2.34. The van der Waals surface area contributed by atoms with Crippen LogP contribution >= 0.6 is 0 Å². The monoisotopic (exact) mass is 910 g/mol. The van der Waals surface area contributed by atoms with E-state index in [1.165, 1.54) is 4.90 Å². The summed E-state index contributed by atoms with van der Waals surface area (Å²) >= 11 is 0. The van der Waals surface area contributed by atoms with Gasteiger partial charge in [-0.25, -0.2) is 9.59 Å². The predicted octanol–water partition coefficient (Wildman–Crippen LogP) is 3.69. The number of amides is 4. The molecule has 7 rings (SSSR count). The molecular formula is C45H50N8O11S. The molecule has 19 nitrogen and oxygen atoms in total. The number of nitrogens with zero attached hydrogens (tertiary/aromatic N) is 4. The van der Waals surface area contributed by atoms with E-state index in [0.29, 0.717) is 59.9 Å². The third-order valence-electron chi connectivity index (χ3n) is 10.3. The minimum Gasteiger partial charge on any atom is -0.465 e. The average molecular weight is 911 g/mol. The van der Waals surface area contributed by atoms with Crippen LogP contribution in [0.3, 0.4) is 0 Å². The first kappa shape index (κ1) is 47.5. The number of hydrogen-bond donors (Lipinski definition) is 4. The number of benzene rings is 4. The van der Waals surface area contributed by atoms with Gasteiger partial charge in [-0.3, -0.25) is 49.0 Å². The number of ether oxygens (including phenoxy) is 3. The molecular weight excluding hydrogens is 861 g/mol. The first-order valence-corrected chi connectivity index (χ1v) is 22.5. The predicted molar refractivity (Wildman–Crippen MR) is 240 cm³/mol. The minimum absolute atomic E-state index is 0.0145. The molecule has 3 aliphatic rings. The maximum Gasteiger partial charge on any atom is 0.414 e. The van der Waals surface area contributed by atoms with E-state index in [-0.39, 0.29) is 42.8 Å². The second-order valence-electron chi connectivity index (χ2n) is 15.1. The van der Waals surface area contributed by atoms with E-state index >= 15 is 0 Å². The fraction of sp³-hybridized carbons (Fsp3) is 0.311. The van der Waals surface area contributed by atoms with Crippen LogP contribution in [0, 0.1) is 10.8 Å². The Morgan fingerprint density at radius 3 is 1.52 bits per heavy atom. The fourth-order valence-corrected chi connectivity index (χ4v) is 7.36. The van der Waals surface area contributed by atoms with E-state index in [2.05, 4.69) is 24.6 Å². The lowest BCUT2D eigenvalue weighted by atomic mass is 10.1. The van der Waals surface area contributed by atoms with Gasteiger partial charge in [0.15, 0.2) is 0 Å². The molecule has 0 saturated carbocycles. The van der Waals surface area contributed by atoms with Crippen molar-refractivity contribution in [1.82, 2.24) is 20.4 Å². The van der Waals surface area contributed by atoms with Crippen LogP contribution in [0.2, 0.25) is 0 Å². The molecule has 3 saturated heterocycles. The molecule has 2 atom stereocenters. The van der Waals surface area contributed by atoms with Crippen LogP contribution in [0.15, 0.2) is 109 Å². The summed E-state index contributed by atoms with van der Waals surface area (Å²) < 4.78 is 42.5. The molecule has 0 aromatic heterocycles. The molecule has 4 aromatic rings. The van der Waals surface area contributed by atoms with E-state index in [1.54, 1.807) is 115 Å². The van der Waals surface area contributed by atoms with Gasteiger partial charge >= 0.3 is 18.2 Å². The minimum atomic E-state index is -3.62. The summed E-state index contributed by atoms with van der Waals surface area (Å²) in [6.07, 6.45) is -1.06. The highest BCUT2D eigenvalue weighted by molar-refractivity contribution is 7.86. The van der Waals surface area contributed by atoms with Crippen LogP contribution in [0.4, 0.5) is 21.0 Å². The highest BCUT2D eigenvalue weighted by Gasteiger charge is 2.35. The van der Waals surface area contributed by atoms with Crippen molar-refractivity contribution in [2.45, 2.75) is 19.1 Å². The zero-order valence-corrected chi connectivity index (χ0v) is 36.6. The van der Waals surface area contributed by atoms with E-state index in [9.17, 15) is 32.4 Å². The molecule has 3 heterocycles. The van der Waals surface area contributed by atoms with E-state index in [0.717, 1.165) is 32.4 Å². The Balaban J connectivity index is 0.000000221. The number of esters is 1. The maximum absolute atomic E-state index is 12.5. The Kier molecular flexibility index (Phi) is 16.1. The van der Waals surface area contributed by atoms with Crippen LogP contribution in [-0.4, -0.2) is 144 Å². The topological polar surface area (TPSA) is 241 Å². The lowest BCUT2D eigenvalue weighted by Crippen LogP contribution is -2.50. The van der Waals surface area contributed by atoms with Gasteiger partial charge in [-0.15, -0.1) is 0 Å². The van der Waals surface area contributed by atoms with Gasteiger partial charge in [0.25, 0.3) is 21.9 Å². The van der Waals surface area contributed by atoms with Gasteiger partial charge in [-0.1, -0.05) is 36.4 Å². The molecule has 4 N–H and O–H groups in total. The quantitative estimate of drug-likeness (QED) is 0.0465. The van der Waals surface area contributed by atoms with E-state index < -0.39 is 34.3 Å². The summed E-state index contributed by atoms with van der Waals surface area (Å²) in [6.45, 7) is 6.54. The smallest absolute Gasteiger partial charge is 0.414 e. The van der Waals surface area contributed by atoms with Crippen molar-refractivity contribution in [3.05, 3.63) is 131 Å². The number of cyclic esters (lactones) is 2.